The molecule has 0 aromatic carbocycles. The highest BCUT2D eigenvalue weighted by molar-refractivity contribution is 5.42. The van der Waals surface area contributed by atoms with Gasteiger partial charge in [-0.05, 0) is 18.8 Å². The van der Waals surface area contributed by atoms with E-state index in [4.69, 9.17) is 5.73 Å². The number of alkyl halides is 3. The van der Waals surface area contributed by atoms with Crippen LogP contribution in [0.2, 0.25) is 0 Å². The number of nitrogens with one attached hydrogen (secondary N) is 1. The van der Waals surface area contributed by atoms with Crippen molar-refractivity contribution in [2.45, 2.75) is 32.0 Å². The molecule has 1 aromatic rings. The fourth-order valence-corrected chi connectivity index (χ4v) is 1.91. The van der Waals surface area contributed by atoms with Gasteiger partial charge in [-0.15, -0.1) is 0 Å². The Kier molecular flexibility index (Phi) is 2.84. The summed E-state index contributed by atoms with van der Waals surface area (Å²) < 4.78 is 37.4. The highest BCUT2D eigenvalue weighted by Gasteiger charge is 2.34. The Bertz CT molecular complexity index is 413. The molecule has 1 aliphatic rings. The number of hydrogen-bond donors (Lipinski definition) is 2. The lowest BCUT2D eigenvalue weighted by molar-refractivity contribution is -0.141. The first kappa shape index (κ1) is 11.9. The predicted octanol–water partition coefficient (Wildman–Crippen LogP) is 2.29. The molecule has 1 heterocycles. The molecule has 1 aromatic heterocycles. The zero-order valence-corrected chi connectivity index (χ0v) is 9.25. The van der Waals surface area contributed by atoms with Gasteiger partial charge in [0.15, 0.2) is 5.69 Å². The van der Waals surface area contributed by atoms with Gasteiger partial charge in [0.05, 0.1) is 0 Å². The van der Waals surface area contributed by atoms with Gasteiger partial charge in [-0.3, -0.25) is 0 Å². The summed E-state index contributed by atoms with van der Waals surface area (Å²) >= 11 is 0. The first-order valence-electron chi connectivity index (χ1n) is 5.33. The lowest BCUT2D eigenvalue weighted by Crippen LogP contribution is -2.34. The fourth-order valence-electron chi connectivity index (χ4n) is 1.91. The Morgan fingerprint density at radius 2 is 2.00 bits per heavy atom. The van der Waals surface area contributed by atoms with Crippen molar-refractivity contribution in [2.24, 2.45) is 5.92 Å². The second kappa shape index (κ2) is 4.05. The normalized spacial score (nSPS) is 24.2. The van der Waals surface area contributed by atoms with Crippen LogP contribution < -0.4 is 11.1 Å². The van der Waals surface area contributed by atoms with Gasteiger partial charge in [0, 0.05) is 12.1 Å². The van der Waals surface area contributed by atoms with E-state index < -0.39 is 11.9 Å². The smallest absolute Gasteiger partial charge is 0.368 e. The molecule has 0 aliphatic heterocycles. The third kappa shape index (κ3) is 2.78. The maximum absolute atomic E-state index is 12.5. The minimum absolute atomic E-state index is 0.140. The molecule has 1 fully saturated rings. The Labute approximate surface area is 96.4 Å². The molecule has 4 nitrogen and oxygen atoms in total. The lowest BCUT2D eigenvalue weighted by atomic mass is 9.82. The van der Waals surface area contributed by atoms with Crippen LogP contribution in [0.4, 0.5) is 24.9 Å². The Balaban J connectivity index is 2.14. The quantitative estimate of drug-likeness (QED) is 0.840. The number of aromatic nitrogens is 2. The fraction of sp³-hybridized carbons (Fsp3) is 0.600. The van der Waals surface area contributed by atoms with Crippen LogP contribution in [0.25, 0.3) is 0 Å². The third-order valence-electron chi connectivity index (χ3n) is 2.76. The zero-order valence-electron chi connectivity index (χ0n) is 9.25. The van der Waals surface area contributed by atoms with Crippen LogP contribution in [0, 0.1) is 5.92 Å². The number of halogens is 3. The minimum atomic E-state index is -4.50. The van der Waals surface area contributed by atoms with E-state index in [0.717, 1.165) is 18.9 Å². The summed E-state index contributed by atoms with van der Waals surface area (Å²) in [5, 5.41) is 2.93. The van der Waals surface area contributed by atoms with E-state index >= 15 is 0 Å². The minimum Gasteiger partial charge on any atom is -0.368 e. The first-order valence-corrected chi connectivity index (χ1v) is 5.33. The highest BCUT2D eigenvalue weighted by Crippen LogP contribution is 2.32. The van der Waals surface area contributed by atoms with Crippen LogP contribution in [-0.2, 0) is 6.18 Å². The van der Waals surface area contributed by atoms with Crippen molar-refractivity contribution in [1.29, 1.82) is 0 Å². The van der Waals surface area contributed by atoms with Crippen molar-refractivity contribution >= 4 is 11.8 Å². The zero-order chi connectivity index (χ0) is 12.6. The number of nitrogens with two attached hydrogens (primary N) is 1. The highest BCUT2D eigenvalue weighted by atomic mass is 19.4. The van der Waals surface area contributed by atoms with Crippen LogP contribution in [0.3, 0.4) is 0 Å². The molecule has 0 spiro atoms. The molecular weight excluding hydrogens is 233 g/mol. The van der Waals surface area contributed by atoms with Crippen LogP contribution in [0.15, 0.2) is 6.07 Å². The van der Waals surface area contributed by atoms with E-state index in [-0.39, 0.29) is 17.8 Å². The number of anilines is 2. The standard InChI is InChI=1S/C10H13F3N4/c1-5-2-6(3-5)15-8-4-7(10(11,12)13)16-9(14)17-8/h4-6H,2-3H2,1H3,(H3,14,15,16,17). The molecule has 0 amide bonds. The lowest BCUT2D eigenvalue weighted by Gasteiger charge is -2.33. The molecule has 0 radical (unpaired) electrons. The van der Waals surface area contributed by atoms with Crippen LogP contribution >= 0.6 is 0 Å². The Morgan fingerprint density at radius 3 is 2.53 bits per heavy atom. The average Bonchev–Trinajstić information content (AvgIpc) is 2.13. The van der Waals surface area contributed by atoms with E-state index in [2.05, 4.69) is 22.2 Å². The molecule has 2 rings (SSSR count). The number of nitrogens with zero attached hydrogens (tertiary/aromatic N) is 2. The summed E-state index contributed by atoms with van der Waals surface area (Å²) in [4.78, 5) is 6.92. The van der Waals surface area contributed by atoms with Gasteiger partial charge in [0.25, 0.3) is 0 Å². The second-order valence-electron chi connectivity index (χ2n) is 4.41. The van der Waals surface area contributed by atoms with Gasteiger partial charge in [-0.25, -0.2) is 4.98 Å². The van der Waals surface area contributed by atoms with Crippen molar-refractivity contribution in [3.8, 4) is 0 Å². The maximum Gasteiger partial charge on any atom is 0.433 e. The summed E-state index contributed by atoms with van der Waals surface area (Å²) in [6.07, 6.45) is -2.63. The molecule has 1 aliphatic carbocycles. The number of nitrogen functional groups attached to an aromatic ring is 1. The summed E-state index contributed by atoms with van der Waals surface area (Å²) in [6.45, 7) is 2.09. The molecule has 0 atom stereocenters. The Hall–Kier alpha value is -1.53. The molecule has 7 heteroatoms. The van der Waals surface area contributed by atoms with Crippen LogP contribution in [0.1, 0.15) is 25.5 Å². The van der Waals surface area contributed by atoms with Crippen LogP contribution in [0.5, 0.6) is 0 Å². The monoisotopic (exact) mass is 246 g/mol. The van der Waals surface area contributed by atoms with Crippen molar-refractivity contribution in [1.82, 2.24) is 9.97 Å². The van der Waals surface area contributed by atoms with Gasteiger partial charge < -0.3 is 11.1 Å². The second-order valence-corrected chi connectivity index (χ2v) is 4.41. The van der Waals surface area contributed by atoms with E-state index in [1.807, 2.05) is 0 Å². The van der Waals surface area contributed by atoms with E-state index in [9.17, 15) is 13.2 Å². The number of rotatable bonds is 2. The van der Waals surface area contributed by atoms with Crippen molar-refractivity contribution in [3.63, 3.8) is 0 Å². The third-order valence-corrected chi connectivity index (χ3v) is 2.76. The van der Waals surface area contributed by atoms with Gasteiger partial charge in [0.1, 0.15) is 5.82 Å². The molecule has 94 valence electrons. The molecular formula is C10H13F3N4. The summed E-state index contributed by atoms with van der Waals surface area (Å²) in [7, 11) is 0. The molecule has 0 unspecified atom stereocenters. The number of hydrogen-bond acceptors (Lipinski definition) is 4. The Morgan fingerprint density at radius 1 is 1.35 bits per heavy atom. The molecule has 17 heavy (non-hydrogen) atoms. The summed E-state index contributed by atoms with van der Waals surface area (Å²) in [5.74, 6) is 0.380. The van der Waals surface area contributed by atoms with Gasteiger partial charge in [-0.2, -0.15) is 18.2 Å². The van der Waals surface area contributed by atoms with E-state index in [1.54, 1.807) is 0 Å². The van der Waals surface area contributed by atoms with Gasteiger partial charge in [-0.1, -0.05) is 6.92 Å². The van der Waals surface area contributed by atoms with E-state index in [1.165, 1.54) is 0 Å². The van der Waals surface area contributed by atoms with Crippen molar-refractivity contribution in [3.05, 3.63) is 11.8 Å². The van der Waals surface area contributed by atoms with Crippen molar-refractivity contribution in [2.75, 3.05) is 11.1 Å². The maximum atomic E-state index is 12.5. The molecule has 1 saturated carbocycles. The molecule has 0 saturated heterocycles. The molecule has 0 bridgehead atoms. The van der Waals surface area contributed by atoms with Gasteiger partial charge in [0.2, 0.25) is 5.95 Å². The molecule has 3 N–H and O–H groups in total. The average molecular weight is 246 g/mol. The van der Waals surface area contributed by atoms with Gasteiger partial charge >= 0.3 is 6.18 Å². The largest absolute Gasteiger partial charge is 0.433 e. The summed E-state index contributed by atoms with van der Waals surface area (Å²) in [5.41, 5.74) is 4.24. The van der Waals surface area contributed by atoms with E-state index in [0.29, 0.717) is 5.92 Å². The first-order chi connectivity index (χ1) is 7.84. The summed E-state index contributed by atoms with van der Waals surface area (Å²) in [6, 6.07) is 1.07. The SMILES string of the molecule is CC1CC(Nc2cc(C(F)(F)F)nc(N)n2)C1. The predicted molar refractivity (Wildman–Crippen MR) is 57.3 cm³/mol. The van der Waals surface area contributed by atoms with Crippen molar-refractivity contribution < 1.29 is 13.2 Å². The topological polar surface area (TPSA) is 63.8 Å². The van der Waals surface area contributed by atoms with Crippen LogP contribution in [-0.4, -0.2) is 16.0 Å².